The van der Waals surface area contributed by atoms with E-state index >= 15 is 0 Å². The molecule has 1 aromatic rings. The van der Waals surface area contributed by atoms with E-state index < -0.39 is 0 Å². The van der Waals surface area contributed by atoms with Gasteiger partial charge >= 0.3 is 0 Å². The second-order valence-electron chi connectivity index (χ2n) is 6.25. The first-order valence-corrected chi connectivity index (χ1v) is 8.83. The van der Waals surface area contributed by atoms with Gasteiger partial charge in [-0.15, -0.1) is 0 Å². The lowest BCUT2D eigenvalue weighted by atomic mass is 9.81. The van der Waals surface area contributed by atoms with Crippen LogP contribution < -0.4 is 5.32 Å². The Morgan fingerprint density at radius 1 is 1.08 bits per heavy atom. The predicted molar refractivity (Wildman–Crippen MR) is 91.9 cm³/mol. The lowest BCUT2D eigenvalue weighted by Gasteiger charge is -2.19. The van der Waals surface area contributed by atoms with E-state index in [1.807, 2.05) is 0 Å². The highest BCUT2D eigenvalue weighted by molar-refractivity contribution is 6.42. The number of halogens is 2. The van der Waals surface area contributed by atoms with Crippen LogP contribution in [0.1, 0.15) is 32.1 Å². The van der Waals surface area contributed by atoms with E-state index in [0.717, 1.165) is 25.7 Å². The van der Waals surface area contributed by atoms with Crippen molar-refractivity contribution >= 4 is 46.6 Å². The Kier molecular flexibility index (Phi) is 5.11. The van der Waals surface area contributed by atoms with Gasteiger partial charge in [0.15, 0.2) is 0 Å². The van der Waals surface area contributed by atoms with Gasteiger partial charge in [0.25, 0.3) is 0 Å². The quantitative estimate of drug-likeness (QED) is 0.827. The minimum Gasteiger partial charge on any atom is -0.326 e. The van der Waals surface area contributed by atoms with Crippen molar-refractivity contribution in [2.75, 3.05) is 11.9 Å². The number of rotatable bonds is 4. The van der Waals surface area contributed by atoms with Gasteiger partial charge in [0.2, 0.25) is 17.7 Å². The Bertz CT molecular complexity index is 668. The number of likely N-dealkylation sites (tertiary alicyclic amines) is 1. The molecule has 1 aromatic carbocycles. The zero-order valence-corrected chi connectivity index (χ0v) is 14.6. The van der Waals surface area contributed by atoms with Crippen LogP contribution in [0.25, 0.3) is 0 Å². The maximum absolute atomic E-state index is 12.3. The second kappa shape index (κ2) is 7.11. The molecule has 2 fully saturated rings. The molecule has 2 atom stereocenters. The van der Waals surface area contributed by atoms with Crippen molar-refractivity contribution in [3.63, 3.8) is 0 Å². The minimum absolute atomic E-state index is 0.0666. The van der Waals surface area contributed by atoms with Crippen molar-refractivity contribution in [2.45, 2.75) is 32.1 Å². The minimum atomic E-state index is -0.274. The Balaban J connectivity index is 1.57. The van der Waals surface area contributed by atoms with Crippen LogP contribution in [0.15, 0.2) is 18.2 Å². The van der Waals surface area contributed by atoms with Crippen LogP contribution >= 0.6 is 23.2 Å². The number of carbonyl (C=O) groups excluding carboxylic acids is 3. The van der Waals surface area contributed by atoms with E-state index in [1.54, 1.807) is 18.2 Å². The van der Waals surface area contributed by atoms with Gasteiger partial charge in [-0.05, 0) is 31.0 Å². The molecule has 1 saturated heterocycles. The van der Waals surface area contributed by atoms with Crippen LogP contribution in [0, 0.1) is 11.8 Å². The third-order valence-electron chi connectivity index (χ3n) is 4.70. The van der Waals surface area contributed by atoms with Crippen LogP contribution in [-0.2, 0) is 14.4 Å². The molecule has 3 rings (SSSR count). The SMILES string of the molecule is O=C(CCN1C(=O)[C@@H]2CCCC[C@H]2C1=O)Nc1ccc(Cl)c(Cl)c1. The van der Waals surface area contributed by atoms with Gasteiger partial charge < -0.3 is 5.32 Å². The van der Waals surface area contributed by atoms with Crippen molar-refractivity contribution in [3.05, 3.63) is 28.2 Å². The summed E-state index contributed by atoms with van der Waals surface area (Å²) >= 11 is 11.7. The molecule has 5 nitrogen and oxygen atoms in total. The summed E-state index contributed by atoms with van der Waals surface area (Å²) in [6.45, 7) is 0.123. The third kappa shape index (κ3) is 3.42. The van der Waals surface area contributed by atoms with Crippen molar-refractivity contribution < 1.29 is 14.4 Å². The fourth-order valence-corrected chi connectivity index (χ4v) is 3.76. The Hall–Kier alpha value is -1.59. The van der Waals surface area contributed by atoms with Crippen LogP contribution in [-0.4, -0.2) is 29.2 Å². The first kappa shape index (κ1) is 17.2. The number of imide groups is 1. The first-order valence-electron chi connectivity index (χ1n) is 8.07. The summed E-state index contributed by atoms with van der Waals surface area (Å²) < 4.78 is 0. The highest BCUT2D eigenvalue weighted by Crippen LogP contribution is 2.38. The number of amides is 3. The summed E-state index contributed by atoms with van der Waals surface area (Å²) in [5.74, 6) is -0.864. The maximum Gasteiger partial charge on any atom is 0.233 e. The van der Waals surface area contributed by atoms with Gasteiger partial charge in [-0.2, -0.15) is 0 Å². The lowest BCUT2D eigenvalue weighted by molar-refractivity contribution is -0.140. The van der Waals surface area contributed by atoms with Crippen LogP contribution in [0.5, 0.6) is 0 Å². The highest BCUT2D eigenvalue weighted by Gasteiger charge is 2.47. The van der Waals surface area contributed by atoms with E-state index in [1.165, 1.54) is 4.90 Å². The van der Waals surface area contributed by atoms with Crippen LogP contribution in [0.2, 0.25) is 10.0 Å². The molecular formula is C17H18Cl2N2O3. The fraction of sp³-hybridized carbons (Fsp3) is 0.471. The Labute approximate surface area is 150 Å². The van der Waals surface area contributed by atoms with E-state index in [9.17, 15) is 14.4 Å². The molecule has 0 aromatic heterocycles. The topological polar surface area (TPSA) is 66.5 Å². The van der Waals surface area contributed by atoms with Gasteiger partial charge in [-0.25, -0.2) is 0 Å². The summed E-state index contributed by atoms with van der Waals surface area (Å²) in [7, 11) is 0. The number of hydrogen-bond donors (Lipinski definition) is 1. The molecular weight excluding hydrogens is 351 g/mol. The Morgan fingerprint density at radius 2 is 1.71 bits per heavy atom. The maximum atomic E-state index is 12.3. The van der Waals surface area contributed by atoms with Gasteiger partial charge in [-0.1, -0.05) is 36.0 Å². The molecule has 24 heavy (non-hydrogen) atoms. The summed E-state index contributed by atoms with van der Waals surface area (Å²) in [6, 6.07) is 4.80. The number of nitrogens with one attached hydrogen (secondary N) is 1. The number of anilines is 1. The van der Waals surface area contributed by atoms with Crippen LogP contribution in [0.4, 0.5) is 5.69 Å². The largest absolute Gasteiger partial charge is 0.326 e. The molecule has 0 spiro atoms. The molecule has 0 unspecified atom stereocenters. The Morgan fingerprint density at radius 3 is 2.29 bits per heavy atom. The summed E-state index contributed by atoms with van der Waals surface area (Å²) in [6.07, 6.45) is 3.61. The molecule has 7 heteroatoms. The van der Waals surface area contributed by atoms with Crippen molar-refractivity contribution in [2.24, 2.45) is 11.8 Å². The number of nitrogens with zero attached hydrogens (tertiary/aromatic N) is 1. The lowest BCUT2D eigenvalue weighted by Crippen LogP contribution is -2.34. The fourth-order valence-electron chi connectivity index (χ4n) is 3.46. The standard InChI is InChI=1S/C17H18Cl2N2O3/c18-13-6-5-10(9-14(13)19)20-15(22)7-8-21-16(23)11-3-1-2-4-12(11)17(21)24/h5-6,9,11-12H,1-4,7-8H2,(H,20,22)/t11-,12-/m1/s1. The van der Waals surface area contributed by atoms with E-state index in [2.05, 4.69) is 5.32 Å². The van der Waals surface area contributed by atoms with Crippen LogP contribution in [0.3, 0.4) is 0 Å². The molecule has 1 aliphatic carbocycles. The molecule has 1 aliphatic heterocycles. The first-order chi connectivity index (χ1) is 11.5. The van der Waals surface area contributed by atoms with E-state index in [0.29, 0.717) is 15.7 Å². The van der Waals surface area contributed by atoms with E-state index in [-0.39, 0.29) is 42.5 Å². The molecule has 1 N–H and O–H groups in total. The molecule has 1 heterocycles. The number of carbonyl (C=O) groups is 3. The van der Waals surface area contributed by atoms with E-state index in [4.69, 9.17) is 23.2 Å². The summed E-state index contributed by atoms with van der Waals surface area (Å²) in [4.78, 5) is 38.0. The van der Waals surface area contributed by atoms with Crippen molar-refractivity contribution in [1.82, 2.24) is 4.90 Å². The average Bonchev–Trinajstić information content (AvgIpc) is 2.81. The molecule has 3 amide bonds. The normalized spacial score (nSPS) is 23.3. The zero-order valence-electron chi connectivity index (χ0n) is 13.1. The van der Waals surface area contributed by atoms with Gasteiger partial charge in [0.05, 0.1) is 21.9 Å². The molecule has 1 saturated carbocycles. The monoisotopic (exact) mass is 368 g/mol. The highest BCUT2D eigenvalue weighted by atomic mass is 35.5. The molecule has 0 bridgehead atoms. The number of fused-ring (bicyclic) bond motifs is 1. The van der Waals surface area contributed by atoms with Gasteiger partial charge in [0, 0.05) is 18.7 Å². The smallest absolute Gasteiger partial charge is 0.233 e. The zero-order chi connectivity index (χ0) is 17.3. The van der Waals surface area contributed by atoms with Crippen molar-refractivity contribution in [3.8, 4) is 0 Å². The number of benzene rings is 1. The molecule has 0 radical (unpaired) electrons. The van der Waals surface area contributed by atoms with Gasteiger partial charge in [-0.3, -0.25) is 19.3 Å². The predicted octanol–water partition coefficient (Wildman–Crippen LogP) is 3.50. The third-order valence-corrected chi connectivity index (χ3v) is 5.44. The average molecular weight is 369 g/mol. The molecule has 2 aliphatic rings. The molecule has 128 valence electrons. The van der Waals surface area contributed by atoms with Crippen molar-refractivity contribution in [1.29, 1.82) is 0 Å². The summed E-state index contributed by atoms with van der Waals surface area (Å²) in [5, 5.41) is 3.45. The second-order valence-corrected chi connectivity index (χ2v) is 7.07. The summed E-state index contributed by atoms with van der Waals surface area (Å²) in [5.41, 5.74) is 0.530. The van der Waals surface area contributed by atoms with Gasteiger partial charge in [0.1, 0.15) is 0 Å². The number of hydrogen-bond acceptors (Lipinski definition) is 3.